The van der Waals surface area contributed by atoms with Crippen LogP contribution in [0.3, 0.4) is 0 Å². The lowest BCUT2D eigenvalue weighted by Crippen LogP contribution is -2.35. The Labute approximate surface area is 87.5 Å². The monoisotopic (exact) mass is 210 g/mol. The van der Waals surface area contributed by atoms with Gasteiger partial charge in [-0.15, -0.1) is 0 Å². The number of nitrogens with two attached hydrogens (primary N) is 1. The largest absolute Gasteiger partial charge is 0.335 e. The van der Waals surface area contributed by atoms with Crippen molar-refractivity contribution in [2.24, 2.45) is 5.73 Å². The summed E-state index contributed by atoms with van der Waals surface area (Å²) in [6.45, 7) is 0.983. The Bertz CT molecular complexity index is 310. The van der Waals surface area contributed by atoms with Crippen LogP contribution in [0.1, 0.15) is 24.4 Å². The number of rotatable bonds is 2. The molecule has 3 nitrogen and oxygen atoms in total. The molecular weight excluding hydrogens is 196 g/mol. The normalized spacial score (nSPS) is 21.5. The van der Waals surface area contributed by atoms with Crippen molar-refractivity contribution >= 4 is 17.2 Å². The first-order chi connectivity index (χ1) is 6.83. The maximum atomic E-state index is 11.5. The molecule has 2 rings (SSSR count). The van der Waals surface area contributed by atoms with Crippen molar-refractivity contribution in [2.75, 3.05) is 13.1 Å². The van der Waals surface area contributed by atoms with E-state index in [9.17, 15) is 4.79 Å². The number of hydrogen-bond acceptors (Lipinski definition) is 3. The number of thiophene rings is 1. The van der Waals surface area contributed by atoms with Crippen LogP contribution >= 0.6 is 11.3 Å². The average molecular weight is 210 g/mol. The van der Waals surface area contributed by atoms with Crippen LogP contribution in [0.15, 0.2) is 16.8 Å². The molecule has 0 aromatic carbocycles. The predicted molar refractivity (Wildman–Crippen MR) is 57.1 cm³/mol. The lowest BCUT2D eigenvalue weighted by atomic mass is 10.1. The maximum Gasteiger partial charge on any atom is 0.236 e. The molecule has 1 unspecified atom stereocenters. The SMILES string of the molecule is NCC(=O)N1CCCC1c1ccsc1. The summed E-state index contributed by atoms with van der Waals surface area (Å²) in [6, 6.07) is 2.37. The molecule has 76 valence electrons. The highest BCUT2D eigenvalue weighted by atomic mass is 32.1. The van der Waals surface area contributed by atoms with Crippen LogP contribution in [0.25, 0.3) is 0 Å². The molecule has 14 heavy (non-hydrogen) atoms. The van der Waals surface area contributed by atoms with Crippen molar-refractivity contribution in [1.29, 1.82) is 0 Å². The molecule has 1 aliphatic rings. The van der Waals surface area contributed by atoms with Crippen LogP contribution in [-0.4, -0.2) is 23.9 Å². The highest BCUT2D eigenvalue weighted by molar-refractivity contribution is 7.07. The lowest BCUT2D eigenvalue weighted by molar-refractivity contribution is -0.130. The number of carbonyl (C=O) groups excluding carboxylic acids is 1. The highest BCUT2D eigenvalue weighted by Crippen LogP contribution is 2.32. The smallest absolute Gasteiger partial charge is 0.236 e. The van der Waals surface area contributed by atoms with Crippen LogP contribution in [-0.2, 0) is 4.79 Å². The van der Waals surface area contributed by atoms with Gasteiger partial charge in [0.1, 0.15) is 0 Å². The van der Waals surface area contributed by atoms with Crippen LogP contribution < -0.4 is 5.73 Å². The standard InChI is InChI=1S/C10H14N2OS/c11-6-10(13)12-4-1-2-9(12)8-3-5-14-7-8/h3,5,7,9H,1-2,4,6,11H2. The zero-order valence-corrected chi connectivity index (χ0v) is 8.80. The van der Waals surface area contributed by atoms with Gasteiger partial charge in [0, 0.05) is 6.54 Å². The van der Waals surface area contributed by atoms with Crippen LogP contribution in [0.2, 0.25) is 0 Å². The fraction of sp³-hybridized carbons (Fsp3) is 0.500. The minimum atomic E-state index is 0.0682. The van der Waals surface area contributed by atoms with Crippen molar-refractivity contribution in [2.45, 2.75) is 18.9 Å². The molecule has 2 N–H and O–H groups in total. The van der Waals surface area contributed by atoms with Gasteiger partial charge in [0.05, 0.1) is 12.6 Å². The van der Waals surface area contributed by atoms with Gasteiger partial charge in [-0.1, -0.05) is 0 Å². The van der Waals surface area contributed by atoms with E-state index in [1.807, 2.05) is 4.90 Å². The van der Waals surface area contributed by atoms with Crippen molar-refractivity contribution < 1.29 is 4.79 Å². The van der Waals surface area contributed by atoms with E-state index in [-0.39, 0.29) is 18.5 Å². The van der Waals surface area contributed by atoms with Gasteiger partial charge in [0.15, 0.2) is 0 Å². The zero-order chi connectivity index (χ0) is 9.97. The lowest BCUT2D eigenvalue weighted by Gasteiger charge is -2.23. The molecule has 0 bridgehead atoms. The molecular formula is C10H14N2OS. The Kier molecular flexibility index (Phi) is 2.84. The molecule has 1 amide bonds. The van der Waals surface area contributed by atoms with Crippen LogP contribution in [0, 0.1) is 0 Å². The van der Waals surface area contributed by atoms with Gasteiger partial charge in [-0.2, -0.15) is 11.3 Å². The summed E-state index contributed by atoms with van der Waals surface area (Å²) in [4.78, 5) is 13.4. The van der Waals surface area contributed by atoms with E-state index >= 15 is 0 Å². The van der Waals surface area contributed by atoms with E-state index in [4.69, 9.17) is 5.73 Å². The number of hydrogen-bond donors (Lipinski definition) is 1. The summed E-state index contributed by atoms with van der Waals surface area (Å²) >= 11 is 1.68. The third-order valence-electron chi connectivity index (χ3n) is 2.68. The first-order valence-electron chi connectivity index (χ1n) is 4.84. The third kappa shape index (κ3) is 1.67. The molecule has 0 aliphatic carbocycles. The van der Waals surface area contributed by atoms with E-state index in [1.54, 1.807) is 11.3 Å². The highest BCUT2D eigenvalue weighted by Gasteiger charge is 2.28. The Balaban J connectivity index is 2.15. The van der Waals surface area contributed by atoms with Crippen LogP contribution in [0.4, 0.5) is 0 Å². The molecule has 0 saturated carbocycles. The second kappa shape index (κ2) is 4.11. The molecule has 1 saturated heterocycles. The first-order valence-corrected chi connectivity index (χ1v) is 5.79. The minimum absolute atomic E-state index is 0.0682. The van der Waals surface area contributed by atoms with Gasteiger partial charge in [-0.05, 0) is 35.2 Å². The van der Waals surface area contributed by atoms with Crippen molar-refractivity contribution in [1.82, 2.24) is 4.90 Å². The molecule has 1 aliphatic heterocycles. The second-order valence-electron chi connectivity index (χ2n) is 3.51. The molecule has 0 radical (unpaired) electrons. The summed E-state index contributed by atoms with van der Waals surface area (Å²) < 4.78 is 0. The topological polar surface area (TPSA) is 46.3 Å². The molecule has 1 atom stereocenters. The van der Waals surface area contributed by atoms with Crippen LogP contribution in [0.5, 0.6) is 0 Å². The van der Waals surface area contributed by atoms with Gasteiger partial charge >= 0.3 is 0 Å². The van der Waals surface area contributed by atoms with Gasteiger partial charge < -0.3 is 10.6 Å². The Morgan fingerprint density at radius 2 is 2.57 bits per heavy atom. The second-order valence-corrected chi connectivity index (χ2v) is 4.29. The summed E-state index contributed by atoms with van der Waals surface area (Å²) in [5.41, 5.74) is 6.64. The summed E-state index contributed by atoms with van der Waals surface area (Å²) in [7, 11) is 0. The minimum Gasteiger partial charge on any atom is -0.335 e. The average Bonchev–Trinajstić information content (AvgIpc) is 2.85. The van der Waals surface area contributed by atoms with Crippen molar-refractivity contribution in [3.63, 3.8) is 0 Å². The van der Waals surface area contributed by atoms with E-state index in [2.05, 4.69) is 16.8 Å². The maximum absolute atomic E-state index is 11.5. The van der Waals surface area contributed by atoms with Gasteiger partial charge in [-0.3, -0.25) is 4.79 Å². The Morgan fingerprint density at radius 1 is 1.71 bits per heavy atom. The summed E-state index contributed by atoms with van der Waals surface area (Å²) in [5.74, 6) is 0.0682. The zero-order valence-electron chi connectivity index (χ0n) is 7.98. The quantitative estimate of drug-likeness (QED) is 0.801. The number of nitrogens with zero attached hydrogens (tertiary/aromatic N) is 1. The van der Waals surface area contributed by atoms with Gasteiger partial charge in [0.25, 0.3) is 0 Å². The fourth-order valence-electron chi connectivity index (χ4n) is 1.99. The van der Waals surface area contributed by atoms with E-state index in [0.717, 1.165) is 19.4 Å². The molecule has 1 aromatic heterocycles. The van der Waals surface area contributed by atoms with Gasteiger partial charge in [0.2, 0.25) is 5.91 Å². The van der Waals surface area contributed by atoms with Crippen molar-refractivity contribution in [3.8, 4) is 0 Å². The third-order valence-corrected chi connectivity index (χ3v) is 3.38. The molecule has 1 aromatic rings. The van der Waals surface area contributed by atoms with Crippen molar-refractivity contribution in [3.05, 3.63) is 22.4 Å². The van der Waals surface area contributed by atoms with E-state index in [1.165, 1.54) is 5.56 Å². The molecule has 0 spiro atoms. The number of carbonyl (C=O) groups is 1. The summed E-state index contributed by atoms with van der Waals surface area (Å²) in [6.07, 6.45) is 2.16. The Hall–Kier alpha value is -0.870. The van der Waals surface area contributed by atoms with E-state index in [0.29, 0.717) is 0 Å². The number of likely N-dealkylation sites (tertiary alicyclic amines) is 1. The molecule has 2 heterocycles. The molecule has 1 fully saturated rings. The summed E-state index contributed by atoms with van der Waals surface area (Å²) in [5, 5.41) is 4.17. The number of amides is 1. The molecule has 4 heteroatoms. The predicted octanol–water partition coefficient (Wildman–Crippen LogP) is 1.37. The fourth-order valence-corrected chi connectivity index (χ4v) is 2.70. The Morgan fingerprint density at radius 3 is 3.21 bits per heavy atom. The van der Waals surface area contributed by atoms with E-state index < -0.39 is 0 Å². The van der Waals surface area contributed by atoms with Gasteiger partial charge in [-0.25, -0.2) is 0 Å². The first kappa shape index (κ1) is 9.68.